The minimum atomic E-state index is -0.451. The van der Waals surface area contributed by atoms with Gasteiger partial charge in [-0.15, -0.1) is 0 Å². The Labute approximate surface area is 98.1 Å². The fourth-order valence-corrected chi connectivity index (χ4v) is 1.52. The van der Waals surface area contributed by atoms with Crippen molar-refractivity contribution in [1.29, 1.82) is 0 Å². The zero-order valence-electron chi connectivity index (χ0n) is 9.11. The van der Waals surface area contributed by atoms with Crippen LogP contribution in [0, 0.1) is 5.82 Å². The molecule has 1 aromatic carbocycles. The molecular formula is C12H13FN2O2. The van der Waals surface area contributed by atoms with Gasteiger partial charge in [0.25, 0.3) is 0 Å². The largest absolute Gasteiger partial charge is 0.389 e. The number of allylic oxidation sites excluding steroid dienone is 1. The predicted molar refractivity (Wildman–Crippen MR) is 60.8 cm³/mol. The summed E-state index contributed by atoms with van der Waals surface area (Å²) in [6, 6.07) is 5.37. The van der Waals surface area contributed by atoms with Gasteiger partial charge < -0.3 is 15.7 Å². The van der Waals surface area contributed by atoms with Crippen molar-refractivity contribution in [2.75, 3.05) is 13.1 Å². The molecule has 0 spiro atoms. The van der Waals surface area contributed by atoms with Crippen LogP contribution < -0.4 is 10.6 Å². The third-order valence-electron chi connectivity index (χ3n) is 2.46. The molecule has 1 saturated heterocycles. The van der Waals surface area contributed by atoms with E-state index in [1.165, 1.54) is 30.3 Å². The number of aliphatic hydroxyl groups is 1. The number of benzene rings is 1. The highest BCUT2D eigenvalue weighted by Crippen LogP contribution is 2.05. The maximum Gasteiger partial charge on any atom is 0.189 e. The number of nitrogens with one attached hydrogen (secondary N) is 2. The molecule has 1 heterocycles. The lowest BCUT2D eigenvalue weighted by molar-refractivity contribution is 0.104. The molecule has 1 aromatic rings. The zero-order valence-corrected chi connectivity index (χ0v) is 9.11. The second kappa shape index (κ2) is 4.97. The van der Waals surface area contributed by atoms with E-state index >= 15 is 0 Å². The van der Waals surface area contributed by atoms with Crippen LogP contribution in [-0.2, 0) is 0 Å². The molecule has 4 nitrogen and oxygen atoms in total. The van der Waals surface area contributed by atoms with E-state index in [1.807, 2.05) is 0 Å². The Morgan fingerprint density at radius 1 is 1.29 bits per heavy atom. The predicted octanol–water partition coefficient (Wildman–Crippen LogP) is 0.403. The quantitative estimate of drug-likeness (QED) is 0.514. The van der Waals surface area contributed by atoms with E-state index in [1.54, 1.807) is 0 Å². The maximum atomic E-state index is 12.7. The van der Waals surface area contributed by atoms with Gasteiger partial charge in [0.1, 0.15) is 11.6 Å². The van der Waals surface area contributed by atoms with E-state index < -0.39 is 6.10 Å². The molecule has 0 radical (unpaired) electrons. The summed E-state index contributed by atoms with van der Waals surface area (Å²) < 4.78 is 12.7. The first-order valence-electron chi connectivity index (χ1n) is 5.32. The Morgan fingerprint density at radius 2 is 1.88 bits per heavy atom. The molecule has 1 aliphatic heterocycles. The molecule has 0 aromatic heterocycles. The Balaban J connectivity index is 2.06. The number of hydrogen-bond acceptors (Lipinski definition) is 4. The minimum Gasteiger partial charge on any atom is -0.389 e. The normalized spacial score (nSPS) is 19.2. The summed E-state index contributed by atoms with van der Waals surface area (Å²) in [7, 11) is 0. The first-order chi connectivity index (χ1) is 8.15. The molecule has 90 valence electrons. The second-order valence-corrected chi connectivity index (χ2v) is 3.84. The molecule has 0 unspecified atom stereocenters. The van der Waals surface area contributed by atoms with Gasteiger partial charge in [0.2, 0.25) is 0 Å². The molecule has 5 heteroatoms. The first-order valence-corrected chi connectivity index (χ1v) is 5.32. The lowest BCUT2D eigenvalue weighted by atomic mass is 10.1. The van der Waals surface area contributed by atoms with Gasteiger partial charge in [0.15, 0.2) is 5.78 Å². The molecule has 1 aliphatic rings. The zero-order chi connectivity index (χ0) is 12.3. The van der Waals surface area contributed by atoms with Gasteiger partial charge in [0.05, 0.1) is 6.10 Å². The molecule has 1 fully saturated rings. The highest BCUT2D eigenvalue weighted by Gasteiger charge is 2.13. The Bertz CT molecular complexity index is 432. The van der Waals surface area contributed by atoms with Gasteiger partial charge >= 0.3 is 0 Å². The summed E-state index contributed by atoms with van der Waals surface area (Å²) in [4.78, 5) is 11.8. The second-order valence-electron chi connectivity index (χ2n) is 3.84. The van der Waals surface area contributed by atoms with E-state index in [-0.39, 0.29) is 11.6 Å². The number of β-amino-alcohol motifs (C(OH)–C–C–N with tert-alkyl or cyclic N) is 1. The van der Waals surface area contributed by atoms with Crippen molar-refractivity contribution in [3.63, 3.8) is 0 Å². The third kappa shape index (κ3) is 3.04. The van der Waals surface area contributed by atoms with E-state index in [0.29, 0.717) is 24.5 Å². The summed E-state index contributed by atoms with van der Waals surface area (Å²) in [5.41, 5.74) is 0.425. The molecule has 0 saturated carbocycles. The summed E-state index contributed by atoms with van der Waals surface area (Å²) in [6.07, 6.45) is 0.951. The van der Waals surface area contributed by atoms with Crippen LogP contribution in [-0.4, -0.2) is 30.1 Å². The molecule has 17 heavy (non-hydrogen) atoms. The molecular weight excluding hydrogens is 223 g/mol. The highest BCUT2D eigenvalue weighted by atomic mass is 19.1. The molecule has 2 rings (SSSR count). The average molecular weight is 236 g/mol. The number of carbonyl (C=O) groups excluding carboxylic acids is 1. The Hall–Kier alpha value is -1.88. The van der Waals surface area contributed by atoms with E-state index in [9.17, 15) is 14.3 Å². The van der Waals surface area contributed by atoms with Crippen molar-refractivity contribution in [3.05, 3.63) is 47.5 Å². The maximum absolute atomic E-state index is 12.7. The molecule has 0 amide bonds. The van der Waals surface area contributed by atoms with Crippen molar-refractivity contribution < 1.29 is 14.3 Å². The van der Waals surface area contributed by atoms with Gasteiger partial charge in [-0.1, -0.05) is 0 Å². The molecule has 3 N–H and O–H groups in total. The fraction of sp³-hybridized carbons (Fsp3) is 0.250. The number of carbonyl (C=O) groups is 1. The summed E-state index contributed by atoms with van der Waals surface area (Å²) >= 11 is 0. The van der Waals surface area contributed by atoms with E-state index in [0.717, 1.165) is 0 Å². The van der Waals surface area contributed by atoms with Crippen LogP contribution in [0.3, 0.4) is 0 Å². The summed E-state index contributed by atoms with van der Waals surface area (Å²) in [5, 5.41) is 15.0. The Morgan fingerprint density at radius 3 is 2.47 bits per heavy atom. The minimum absolute atomic E-state index is 0.212. The third-order valence-corrected chi connectivity index (χ3v) is 2.46. The fourth-order valence-electron chi connectivity index (χ4n) is 1.52. The van der Waals surface area contributed by atoms with Crippen LogP contribution in [0.25, 0.3) is 0 Å². The monoisotopic (exact) mass is 236 g/mol. The standard InChI is InChI=1S/C12H13FN2O2/c13-9-3-1-8(2-4-9)11(17)5-12-14-6-10(16)7-15-12/h1-5,10,14-16H,6-7H2. The number of ketones is 1. The van der Waals surface area contributed by atoms with Crippen LogP contribution in [0.5, 0.6) is 0 Å². The van der Waals surface area contributed by atoms with Crippen molar-refractivity contribution in [1.82, 2.24) is 10.6 Å². The number of aliphatic hydroxyl groups excluding tert-OH is 1. The van der Waals surface area contributed by atoms with Crippen molar-refractivity contribution >= 4 is 5.78 Å². The van der Waals surface area contributed by atoms with Gasteiger partial charge in [-0.2, -0.15) is 0 Å². The van der Waals surface area contributed by atoms with Gasteiger partial charge in [-0.05, 0) is 24.3 Å². The van der Waals surface area contributed by atoms with Crippen molar-refractivity contribution in [2.45, 2.75) is 6.10 Å². The smallest absolute Gasteiger partial charge is 0.189 e. The molecule has 0 bridgehead atoms. The molecule has 0 atom stereocenters. The van der Waals surface area contributed by atoms with Crippen molar-refractivity contribution in [3.8, 4) is 0 Å². The van der Waals surface area contributed by atoms with E-state index in [4.69, 9.17) is 0 Å². The number of halogens is 1. The van der Waals surface area contributed by atoms with Gasteiger partial charge in [-0.3, -0.25) is 4.79 Å². The summed E-state index contributed by atoms with van der Waals surface area (Å²) in [5.74, 6) is -0.00717. The number of rotatable bonds is 2. The van der Waals surface area contributed by atoms with Crippen LogP contribution in [0.4, 0.5) is 4.39 Å². The first kappa shape index (κ1) is 11.6. The van der Waals surface area contributed by atoms with Gasteiger partial charge in [-0.25, -0.2) is 4.39 Å². The van der Waals surface area contributed by atoms with Crippen LogP contribution in [0.2, 0.25) is 0 Å². The van der Waals surface area contributed by atoms with Crippen molar-refractivity contribution in [2.24, 2.45) is 0 Å². The average Bonchev–Trinajstić information content (AvgIpc) is 2.33. The molecule has 0 aliphatic carbocycles. The van der Waals surface area contributed by atoms with Crippen LogP contribution >= 0.6 is 0 Å². The lowest BCUT2D eigenvalue weighted by Gasteiger charge is -2.23. The highest BCUT2D eigenvalue weighted by molar-refractivity contribution is 6.04. The van der Waals surface area contributed by atoms with Crippen LogP contribution in [0.15, 0.2) is 36.2 Å². The van der Waals surface area contributed by atoms with E-state index in [2.05, 4.69) is 10.6 Å². The van der Waals surface area contributed by atoms with Gasteiger partial charge in [0, 0.05) is 24.7 Å². The summed E-state index contributed by atoms with van der Waals surface area (Å²) in [6.45, 7) is 0.824. The SMILES string of the molecule is O=C(C=C1NCC(O)CN1)c1ccc(F)cc1. The Kier molecular flexibility index (Phi) is 3.39. The van der Waals surface area contributed by atoms with Crippen LogP contribution in [0.1, 0.15) is 10.4 Å². The number of hydrogen-bond donors (Lipinski definition) is 3. The lowest BCUT2D eigenvalue weighted by Crippen LogP contribution is -2.45. The topological polar surface area (TPSA) is 61.4 Å².